The number of benzene rings is 1. The average molecular weight is 360 g/mol. The van der Waals surface area contributed by atoms with Crippen LogP contribution in [0.15, 0.2) is 53.7 Å². The molecule has 0 aliphatic rings. The van der Waals surface area contributed by atoms with Crippen LogP contribution >= 0.6 is 23.4 Å². The highest BCUT2D eigenvalue weighted by Gasteiger charge is 2.07. The maximum Gasteiger partial charge on any atom is 0.221 e. The third-order valence-electron chi connectivity index (χ3n) is 3.62. The second kappa shape index (κ2) is 7.73. The molecule has 0 atom stereocenters. The fraction of sp³-hybridized carbons (Fsp3) is 0.222. The number of hydrogen-bond acceptors (Lipinski definition) is 3. The molecule has 24 heavy (non-hydrogen) atoms. The molecule has 0 aliphatic carbocycles. The van der Waals surface area contributed by atoms with Crippen molar-refractivity contribution in [2.24, 2.45) is 0 Å². The van der Waals surface area contributed by atoms with Crippen molar-refractivity contribution in [1.29, 1.82) is 0 Å². The van der Waals surface area contributed by atoms with Gasteiger partial charge in [0.2, 0.25) is 5.91 Å². The van der Waals surface area contributed by atoms with E-state index in [9.17, 15) is 4.79 Å². The zero-order valence-corrected chi connectivity index (χ0v) is 14.9. The molecule has 0 fully saturated rings. The highest BCUT2D eigenvalue weighted by molar-refractivity contribution is 7.99. The van der Waals surface area contributed by atoms with Crippen LogP contribution in [0, 0.1) is 6.92 Å². The molecular formula is C18H18ClN3OS. The van der Waals surface area contributed by atoms with E-state index in [4.69, 9.17) is 11.6 Å². The molecule has 1 N–H and O–H groups in total. The number of carbonyl (C=O) groups is 1. The van der Waals surface area contributed by atoms with E-state index in [1.165, 1.54) is 0 Å². The lowest BCUT2D eigenvalue weighted by atomic mass is 10.3. The van der Waals surface area contributed by atoms with Gasteiger partial charge in [-0.2, -0.15) is 0 Å². The molecule has 1 aromatic carbocycles. The topological polar surface area (TPSA) is 46.4 Å². The van der Waals surface area contributed by atoms with Gasteiger partial charge in [0.1, 0.15) is 5.65 Å². The van der Waals surface area contributed by atoms with Gasteiger partial charge in [0, 0.05) is 29.5 Å². The first-order valence-electron chi connectivity index (χ1n) is 7.71. The number of halogens is 1. The van der Waals surface area contributed by atoms with E-state index < -0.39 is 0 Å². The maximum atomic E-state index is 12.0. The minimum atomic E-state index is 0.0170. The standard InChI is InChI=1S/C18H18ClN3OS/c1-13-5-4-9-22-12-14(21-18(13)22)11-20-17(23)8-10-24-16-7-3-2-6-15(16)19/h2-7,9,12H,8,10-11H2,1H3,(H,20,23). The number of imidazole rings is 1. The smallest absolute Gasteiger partial charge is 0.221 e. The predicted molar refractivity (Wildman–Crippen MR) is 98.6 cm³/mol. The fourth-order valence-electron chi connectivity index (χ4n) is 2.38. The molecule has 0 saturated carbocycles. The van der Waals surface area contributed by atoms with E-state index in [1.54, 1.807) is 11.8 Å². The summed E-state index contributed by atoms with van der Waals surface area (Å²) in [5.41, 5.74) is 2.90. The van der Waals surface area contributed by atoms with E-state index in [0.717, 1.165) is 26.8 Å². The summed E-state index contributed by atoms with van der Waals surface area (Å²) in [7, 11) is 0. The van der Waals surface area contributed by atoms with Crippen LogP contribution < -0.4 is 5.32 Å². The largest absolute Gasteiger partial charge is 0.350 e. The number of fused-ring (bicyclic) bond motifs is 1. The van der Waals surface area contributed by atoms with Crippen molar-refractivity contribution in [3.05, 3.63) is 65.1 Å². The van der Waals surface area contributed by atoms with Crippen LogP contribution in [0.25, 0.3) is 5.65 Å². The van der Waals surface area contributed by atoms with Crippen LogP contribution in [0.2, 0.25) is 5.02 Å². The summed E-state index contributed by atoms with van der Waals surface area (Å²) in [4.78, 5) is 17.5. The lowest BCUT2D eigenvalue weighted by Crippen LogP contribution is -2.23. The number of nitrogens with zero attached hydrogens (tertiary/aromatic N) is 2. The quantitative estimate of drug-likeness (QED) is 0.674. The monoisotopic (exact) mass is 359 g/mol. The van der Waals surface area contributed by atoms with Gasteiger partial charge in [-0.15, -0.1) is 11.8 Å². The van der Waals surface area contributed by atoms with E-state index in [2.05, 4.69) is 10.3 Å². The number of aryl methyl sites for hydroxylation is 1. The average Bonchev–Trinajstić information content (AvgIpc) is 2.99. The van der Waals surface area contributed by atoms with E-state index in [0.29, 0.717) is 18.7 Å². The molecular weight excluding hydrogens is 342 g/mol. The number of pyridine rings is 1. The van der Waals surface area contributed by atoms with Gasteiger partial charge in [0.15, 0.2) is 0 Å². The van der Waals surface area contributed by atoms with Gasteiger partial charge in [0.25, 0.3) is 0 Å². The zero-order chi connectivity index (χ0) is 16.9. The highest BCUT2D eigenvalue weighted by Crippen LogP contribution is 2.26. The molecule has 2 heterocycles. The third kappa shape index (κ3) is 4.10. The molecule has 1 amide bonds. The Labute approximate surface area is 150 Å². The predicted octanol–water partition coefficient (Wildman–Crippen LogP) is 4.09. The van der Waals surface area contributed by atoms with Crippen molar-refractivity contribution in [1.82, 2.24) is 14.7 Å². The summed E-state index contributed by atoms with van der Waals surface area (Å²) in [6.07, 6.45) is 4.35. The fourth-order valence-corrected chi connectivity index (χ4v) is 3.57. The first-order chi connectivity index (χ1) is 11.6. The molecule has 0 saturated heterocycles. The van der Waals surface area contributed by atoms with E-state index in [-0.39, 0.29) is 5.91 Å². The maximum absolute atomic E-state index is 12.0. The summed E-state index contributed by atoms with van der Waals surface area (Å²) in [6, 6.07) is 11.7. The van der Waals surface area contributed by atoms with Gasteiger partial charge in [-0.05, 0) is 30.7 Å². The molecule has 0 spiro atoms. The molecule has 124 valence electrons. The van der Waals surface area contributed by atoms with Gasteiger partial charge in [-0.3, -0.25) is 4.79 Å². The summed E-state index contributed by atoms with van der Waals surface area (Å²) < 4.78 is 1.98. The molecule has 0 unspecified atom stereocenters. The van der Waals surface area contributed by atoms with Crippen LogP contribution in [-0.2, 0) is 11.3 Å². The minimum absolute atomic E-state index is 0.0170. The summed E-state index contributed by atoms with van der Waals surface area (Å²) in [5.74, 6) is 0.711. The van der Waals surface area contributed by atoms with E-state index >= 15 is 0 Å². The van der Waals surface area contributed by atoms with Gasteiger partial charge in [-0.25, -0.2) is 4.98 Å². The van der Waals surface area contributed by atoms with Crippen LogP contribution in [0.3, 0.4) is 0 Å². The lowest BCUT2D eigenvalue weighted by molar-refractivity contribution is -0.120. The first-order valence-corrected chi connectivity index (χ1v) is 9.07. The summed E-state index contributed by atoms with van der Waals surface area (Å²) >= 11 is 7.69. The molecule has 3 rings (SSSR count). The molecule has 2 aromatic heterocycles. The Balaban J connectivity index is 1.48. The molecule has 0 bridgehead atoms. The van der Waals surface area contributed by atoms with Crippen LogP contribution in [-0.4, -0.2) is 21.0 Å². The summed E-state index contributed by atoms with van der Waals surface area (Å²) in [6.45, 7) is 2.47. The Morgan fingerprint density at radius 2 is 2.12 bits per heavy atom. The minimum Gasteiger partial charge on any atom is -0.350 e. The van der Waals surface area contributed by atoms with Crippen LogP contribution in [0.5, 0.6) is 0 Å². The number of amides is 1. The van der Waals surface area contributed by atoms with Gasteiger partial charge in [-0.1, -0.05) is 29.8 Å². The molecule has 6 heteroatoms. The molecule has 0 radical (unpaired) electrons. The number of nitrogens with one attached hydrogen (secondary N) is 1. The Hall–Kier alpha value is -1.98. The Morgan fingerprint density at radius 1 is 1.29 bits per heavy atom. The summed E-state index contributed by atoms with van der Waals surface area (Å²) in [5, 5.41) is 3.64. The second-order valence-electron chi connectivity index (χ2n) is 5.46. The second-order valence-corrected chi connectivity index (χ2v) is 7.00. The van der Waals surface area contributed by atoms with Gasteiger partial charge >= 0.3 is 0 Å². The Kier molecular flexibility index (Phi) is 5.43. The van der Waals surface area contributed by atoms with Crippen LogP contribution in [0.1, 0.15) is 17.7 Å². The van der Waals surface area contributed by atoms with Crippen molar-refractivity contribution in [2.45, 2.75) is 24.8 Å². The number of carbonyl (C=O) groups excluding carboxylic acids is 1. The van der Waals surface area contributed by atoms with Crippen LogP contribution in [0.4, 0.5) is 0 Å². The number of aromatic nitrogens is 2. The highest BCUT2D eigenvalue weighted by atomic mass is 35.5. The Bertz CT molecular complexity index is 862. The van der Waals surface area contributed by atoms with Gasteiger partial charge in [0.05, 0.1) is 17.3 Å². The van der Waals surface area contributed by atoms with Gasteiger partial charge < -0.3 is 9.72 Å². The van der Waals surface area contributed by atoms with E-state index in [1.807, 2.05) is 60.1 Å². The zero-order valence-electron chi connectivity index (χ0n) is 13.3. The number of rotatable bonds is 6. The normalized spacial score (nSPS) is 10.9. The van der Waals surface area contributed by atoms with Crippen molar-refractivity contribution in [3.8, 4) is 0 Å². The Morgan fingerprint density at radius 3 is 2.92 bits per heavy atom. The van der Waals surface area contributed by atoms with Crippen molar-refractivity contribution < 1.29 is 4.79 Å². The van der Waals surface area contributed by atoms with Crippen molar-refractivity contribution in [2.75, 3.05) is 5.75 Å². The molecule has 4 nitrogen and oxygen atoms in total. The third-order valence-corrected chi connectivity index (χ3v) is 5.13. The SMILES string of the molecule is Cc1cccn2cc(CNC(=O)CCSc3ccccc3Cl)nc12. The molecule has 0 aliphatic heterocycles. The lowest BCUT2D eigenvalue weighted by Gasteiger charge is -2.04. The first kappa shape index (κ1) is 16.9. The van der Waals surface area contributed by atoms with Crippen molar-refractivity contribution in [3.63, 3.8) is 0 Å². The molecule has 3 aromatic rings. The number of hydrogen-bond donors (Lipinski definition) is 1. The van der Waals surface area contributed by atoms with Crippen molar-refractivity contribution >= 4 is 34.9 Å². The number of thioether (sulfide) groups is 1.